The molecule has 7 nitrogen and oxygen atoms in total. The number of nitrogens with one attached hydrogen (secondary N) is 1. The SMILES string of the molecule is Cn1nnc(COc2ccc3oc(=O)[nH]c3c2)c1C(F)F. The molecule has 2 aromatic heterocycles. The van der Waals surface area contributed by atoms with E-state index in [1.807, 2.05) is 0 Å². The maximum atomic E-state index is 12.9. The van der Waals surface area contributed by atoms with Gasteiger partial charge in [0, 0.05) is 13.1 Å². The molecule has 0 aliphatic rings. The maximum absolute atomic E-state index is 12.9. The summed E-state index contributed by atoms with van der Waals surface area (Å²) in [6.45, 7) is -0.152. The van der Waals surface area contributed by atoms with Crippen molar-refractivity contribution in [1.29, 1.82) is 0 Å². The monoisotopic (exact) mass is 296 g/mol. The number of ether oxygens (including phenoxy) is 1. The van der Waals surface area contributed by atoms with Gasteiger partial charge in [-0.2, -0.15) is 0 Å². The predicted octanol–water partition coefficient (Wildman–Crippen LogP) is 1.77. The number of aryl methyl sites for hydroxylation is 1. The van der Waals surface area contributed by atoms with Gasteiger partial charge in [0.25, 0.3) is 6.43 Å². The van der Waals surface area contributed by atoms with Gasteiger partial charge in [0.2, 0.25) is 0 Å². The first kappa shape index (κ1) is 13.3. The quantitative estimate of drug-likeness (QED) is 0.793. The van der Waals surface area contributed by atoms with E-state index in [0.717, 1.165) is 4.68 Å². The van der Waals surface area contributed by atoms with Crippen LogP contribution in [-0.4, -0.2) is 20.0 Å². The largest absolute Gasteiger partial charge is 0.487 e. The molecule has 1 aromatic carbocycles. The maximum Gasteiger partial charge on any atom is 0.417 e. The topological polar surface area (TPSA) is 85.9 Å². The number of oxazole rings is 1. The van der Waals surface area contributed by atoms with Gasteiger partial charge in [-0.25, -0.2) is 18.3 Å². The fourth-order valence-electron chi connectivity index (χ4n) is 1.95. The molecule has 0 fully saturated rings. The van der Waals surface area contributed by atoms with E-state index < -0.39 is 12.2 Å². The van der Waals surface area contributed by atoms with Crippen LogP contribution in [0.15, 0.2) is 27.4 Å². The van der Waals surface area contributed by atoms with Crippen LogP contribution in [0.1, 0.15) is 17.8 Å². The molecule has 0 radical (unpaired) electrons. The van der Waals surface area contributed by atoms with Crippen LogP contribution < -0.4 is 10.5 Å². The third kappa shape index (κ3) is 2.49. The zero-order valence-corrected chi connectivity index (χ0v) is 10.8. The third-order valence-corrected chi connectivity index (χ3v) is 2.92. The molecular formula is C12H10F2N4O3. The van der Waals surface area contributed by atoms with Crippen molar-refractivity contribution in [2.24, 2.45) is 7.05 Å². The van der Waals surface area contributed by atoms with Crippen LogP contribution in [0.2, 0.25) is 0 Å². The minimum absolute atomic E-state index is 0.0632. The zero-order valence-electron chi connectivity index (χ0n) is 10.8. The molecule has 1 N–H and O–H groups in total. The fourth-order valence-corrected chi connectivity index (χ4v) is 1.95. The Hall–Kier alpha value is -2.71. The van der Waals surface area contributed by atoms with E-state index in [1.54, 1.807) is 18.2 Å². The second-order valence-corrected chi connectivity index (χ2v) is 4.31. The predicted molar refractivity (Wildman–Crippen MR) is 67.1 cm³/mol. The molecule has 0 aliphatic heterocycles. The van der Waals surface area contributed by atoms with Crippen LogP contribution in [-0.2, 0) is 13.7 Å². The van der Waals surface area contributed by atoms with Crippen molar-refractivity contribution in [2.75, 3.05) is 0 Å². The van der Waals surface area contributed by atoms with Gasteiger partial charge >= 0.3 is 5.76 Å². The molecule has 0 saturated carbocycles. The Morgan fingerprint density at radius 1 is 1.48 bits per heavy atom. The summed E-state index contributed by atoms with van der Waals surface area (Å²) in [7, 11) is 1.39. The van der Waals surface area contributed by atoms with E-state index in [0.29, 0.717) is 16.8 Å². The van der Waals surface area contributed by atoms with Gasteiger partial charge in [0.05, 0.1) is 5.52 Å². The highest BCUT2D eigenvalue weighted by Gasteiger charge is 2.20. The summed E-state index contributed by atoms with van der Waals surface area (Å²) in [5.41, 5.74) is 0.631. The number of alkyl halides is 2. The molecule has 2 heterocycles. The van der Waals surface area contributed by atoms with E-state index in [2.05, 4.69) is 15.3 Å². The first-order chi connectivity index (χ1) is 10.0. The van der Waals surface area contributed by atoms with Crippen molar-refractivity contribution in [3.05, 3.63) is 40.1 Å². The normalized spacial score (nSPS) is 11.4. The molecule has 0 unspecified atom stereocenters. The highest BCUT2D eigenvalue weighted by molar-refractivity contribution is 5.73. The number of aromatic amines is 1. The van der Waals surface area contributed by atoms with Gasteiger partial charge in [0.1, 0.15) is 23.7 Å². The van der Waals surface area contributed by atoms with Crippen LogP contribution in [0.5, 0.6) is 5.75 Å². The zero-order chi connectivity index (χ0) is 15.0. The summed E-state index contributed by atoms with van der Waals surface area (Å²) in [5, 5.41) is 7.20. The van der Waals surface area contributed by atoms with Crippen molar-refractivity contribution in [3.63, 3.8) is 0 Å². The molecule has 0 aliphatic carbocycles. The molecule has 0 spiro atoms. The average molecular weight is 296 g/mol. The van der Waals surface area contributed by atoms with Crippen molar-refractivity contribution >= 4 is 11.1 Å². The summed E-state index contributed by atoms with van der Waals surface area (Å²) in [6.07, 6.45) is -2.68. The van der Waals surface area contributed by atoms with E-state index in [9.17, 15) is 13.6 Å². The number of hydrogen-bond donors (Lipinski definition) is 1. The van der Waals surface area contributed by atoms with Gasteiger partial charge in [-0.3, -0.25) is 4.98 Å². The molecule has 0 bridgehead atoms. The van der Waals surface area contributed by atoms with Gasteiger partial charge in [-0.15, -0.1) is 5.10 Å². The Morgan fingerprint density at radius 3 is 3.05 bits per heavy atom. The molecule has 0 amide bonds. The molecule has 3 rings (SSSR count). The molecule has 110 valence electrons. The highest BCUT2D eigenvalue weighted by Crippen LogP contribution is 2.23. The number of nitrogens with zero attached hydrogens (tertiary/aromatic N) is 3. The Balaban J connectivity index is 1.81. The minimum Gasteiger partial charge on any atom is -0.487 e. The van der Waals surface area contributed by atoms with Crippen LogP contribution >= 0.6 is 0 Å². The number of aromatic nitrogens is 4. The number of benzene rings is 1. The van der Waals surface area contributed by atoms with Crippen LogP contribution in [0.25, 0.3) is 11.1 Å². The lowest BCUT2D eigenvalue weighted by atomic mass is 10.3. The third-order valence-electron chi connectivity index (χ3n) is 2.92. The second kappa shape index (κ2) is 5.00. The van der Waals surface area contributed by atoms with Crippen LogP contribution in [0, 0.1) is 0 Å². The van der Waals surface area contributed by atoms with Crippen molar-refractivity contribution in [1.82, 2.24) is 20.0 Å². The second-order valence-electron chi connectivity index (χ2n) is 4.31. The number of fused-ring (bicyclic) bond motifs is 1. The summed E-state index contributed by atoms with van der Waals surface area (Å²) in [5.74, 6) is -0.179. The average Bonchev–Trinajstić information content (AvgIpc) is 2.97. The Bertz CT molecular complexity index is 837. The van der Waals surface area contributed by atoms with Crippen LogP contribution in [0.3, 0.4) is 0 Å². The highest BCUT2D eigenvalue weighted by atomic mass is 19.3. The number of rotatable bonds is 4. The standard InChI is InChI=1S/C12H10F2N4O3/c1-18-10(11(13)14)8(16-17-18)5-20-6-2-3-9-7(4-6)15-12(19)21-9/h2-4,11H,5H2,1H3,(H,15,19). The fraction of sp³-hybridized carbons (Fsp3) is 0.250. The molecule has 21 heavy (non-hydrogen) atoms. The Morgan fingerprint density at radius 2 is 2.29 bits per heavy atom. The molecule has 0 saturated heterocycles. The van der Waals surface area contributed by atoms with Gasteiger partial charge in [-0.1, -0.05) is 5.21 Å². The Kier molecular flexibility index (Phi) is 3.16. The minimum atomic E-state index is -2.68. The van der Waals surface area contributed by atoms with Gasteiger partial charge in [-0.05, 0) is 12.1 Å². The number of H-pyrrole nitrogens is 1. The lowest BCUT2D eigenvalue weighted by molar-refractivity contribution is 0.137. The van der Waals surface area contributed by atoms with Crippen LogP contribution in [0.4, 0.5) is 8.78 Å². The smallest absolute Gasteiger partial charge is 0.417 e. The molecule has 9 heteroatoms. The van der Waals surface area contributed by atoms with E-state index in [1.165, 1.54) is 7.05 Å². The van der Waals surface area contributed by atoms with E-state index in [-0.39, 0.29) is 18.0 Å². The summed E-state index contributed by atoms with van der Waals surface area (Å²) >= 11 is 0. The number of hydrogen-bond acceptors (Lipinski definition) is 5. The van der Waals surface area contributed by atoms with Crippen molar-refractivity contribution in [3.8, 4) is 5.75 Å². The summed E-state index contributed by atoms with van der Waals surface area (Å²) < 4.78 is 37.0. The lowest BCUT2D eigenvalue weighted by Crippen LogP contribution is -2.04. The Labute approximate surface area is 116 Å². The molecule has 0 atom stereocenters. The summed E-state index contributed by atoms with van der Waals surface area (Å²) in [6, 6.07) is 4.66. The van der Waals surface area contributed by atoms with E-state index >= 15 is 0 Å². The lowest BCUT2D eigenvalue weighted by Gasteiger charge is -2.06. The number of halogens is 2. The van der Waals surface area contributed by atoms with Crippen molar-refractivity contribution < 1.29 is 17.9 Å². The first-order valence-electron chi connectivity index (χ1n) is 5.97. The first-order valence-corrected chi connectivity index (χ1v) is 5.97. The van der Waals surface area contributed by atoms with Gasteiger partial charge < -0.3 is 9.15 Å². The molecular weight excluding hydrogens is 286 g/mol. The summed E-state index contributed by atoms with van der Waals surface area (Å²) in [4.78, 5) is 13.5. The van der Waals surface area contributed by atoms with E-state index in [4.69, 9.17) is 9.15 Å². The van der Waals surface area contributed by atoms with Gasteiger partial charge in [0.15, 0.2) is 5.58 Å². The molecule has 3 aromatic rings. The van der Waals surface area contributed by atoms with Crippen molar-refractivity contribution in [2.45, 2.75) is 13.0 Å².